The molecule has 1 amide bonds. The number of Topliss-reactive ketones (excluding diaryl/α,β-unsaturated/α-hetero) is 1. The minimum Gasteiger partial charge on any atom is -0.341 e. The fraction of sp³-hybridized carbons (Fsp3) is 0.263. The summed E-state index contributed by atoms with van der Waals surface area (Å²) in [6, 6.07) is 11.7. The van der Waals surface area contributed by atoms with Crippen LogP contribution in [0.3, 0.4) is 0 Å². The summed E-state index contributed by atoms with van der Waals surface area (Å²) in [4.78, 5) is 24.7. The maximum absolute atomic E-state index is 13.6. The van der Waals surface area contributed by atoms with Gasteiger partial charge in [0.15, 0.2) is 5.78 Å². The number of ketones is 1. The van der Waals surface area contributed by atoms with E-state index in [-0.39, 0.29) is 36.1 Å². The summed E-state index contributed by atoms with van der Waals surface area (Å²) < 4.78 is 40.4. The van der Waals surface area contributed by atoms with Gasteiger partial charge in [-0.25, -0.2) is 17.5 Å². The molecule has 0 aliphatic rings. The first-order valence-electron chi connectivity index (χ1n) is 8.29. The van der Waals surface area contributed by atoms with Crippen LogP contribution in [0.1, 0.15) is 29.3 Å². The van der Waals surface area contributed by atoms with Crippen LogP contribution in [0, 0.1) is 5.82 Å². The second-order valence-corrected chi connectivity index (χ2v) is 7.84. The third-order valence-corrected chi connectivity index (χ3v) is 5.47. The van der Waals surface area contributed by atoms with Gasteiger partial charge in [-0.2, -0.15) is 0 Å². The lowest BCUT2D eigenvalue weighted by atomic mass is 10.2. The van der Waals surface area contributed by atoms with Crippen LogP contribution < -0.4 is 4.72 Å². The molecule has 1 N–H and O–H groups in total. The van der Waals surface area contributed by atoms with Gasteiger partial charge in [-0.3, -0.25) is 9.59 Å². The average molecular weight is 392 g/mol. The van der Waals surface area contributed by atoms with Crippen LogP contribution in [0.2, 0.25) is 0 Å². The Labute approximate surface area is 158 Å². The molecule has 0 heterocycles. The van der Waals surface area contributed by atoms with E-state index in [1.807, 2.05) is 0 Å². The largest absolute Gasteiger partial charge is 0.341 e. The zero-order chi connectivity index (χ0) is 20.0. The number of carbonyl (C=O) groups is 2. The molecule has 0 saturated carbocycles. The number of hydrogen-bond donors (Lipinski definition) is 1. The molecule has 0 bridgehead atoms. The van der Waals surface area contributed by atoms with Crippen molar-refractivity contribution in [3.05, 3.63) is 65.5 Å². The number of sulfonamides is 1. The lowest BCUT2D eigenvalue weighted by molar-refractivity contribution is -0.130. The highest BCUT2D eigenvalue weighted by atomic mass is 32.2. The molecule has 27 heavy (non-hydrogen) atoms. The summed E-state index contributed by atoms with van der Waals surface area (Å²) in [7, 11) is -2.25. The molecule has 144 valence electrons. The molecule has 0 fully saturated rings. The van der Waals surface area contributed by atoms with E-state index in [0.717, 1.165) is 0 Å². The highest BCUT2D eigenvalue weighted by Crippen LogP contribution is 2.12. The van der Waals surface area contributed by atoms with Crippen molar-refractivity contribution in [2.24, 2.45) is 0 Å². The van der Waals surface area contributed by atoms with Crippen molar-refractivity contribution < 1.29 is 22.4 Å². The third-order valence-electron chi connectivity index (χ3n) is 3.99. The van der Waals surface area contributed by atoms with Crippen LogP contribution in [-0.2, 0) is 21.4 Å². The van der Waals surface area contributed by atoms with Gasteiger partial charge in [0.2, 0.25) is 15.9 Å². The summed E-state index contributed by atoms with van der Waals surface area (Å²) >= 11 is 0. The SMILES string of the molecule is CC(=O)c1ccc(S(=O)(=O)NCCC(=O)N(C)Cc2ccccc2F)cc1. The van der Waals surface area contributed by atoms with Gasteiger partial charge in [-0.1, -0.05) is 30.3 Å². The molecule has 0 saturated heterocycles. The first-order chi connectivity index (χ1) is 12.7. The molecule has 6 nitrogen and oxygen atoms in total. The van der Waals surface area contributed by atoms with E-state index in [4.69, 9.17) is 0 Å². The molecule has 0 spiro atoms. The lowest BCUT2D eigenvalue weighted by Gasteiger charge is -2.18. The molecule has 0 radical (unpaired) electrons. The summed E-state index contributed by atoms with van der Waals surface area (Å²) in [5, 5.41) is 0. The number of benzene rings is 2. The van der Waals surface area contributed by atoms with Crippen molar-refractivity contribution in [3.63, 3.8) is 0 Å². The van der Waals surface area contributed by atoms with E-state index in [1.165, 1.54) is 49.2 Å². The molecule has 0 unspecified atom stereocenters. The summed E-state index contributed by atoms with van der Waals surface area (Å²) in [6.07, 6.45) is -0.0598. The Morgan fingerprint density at radius 2 is 1.70 bits per heavy atom. The third kappa shape index (κ3) is 5.70. The quantitative estimate of drug-likeness (QED) is 0.699. The monoisotopic (exact) mass is 392 g/mol. The Hall–Kier alpha value is -2.58. The zero-order valence-electron chi connectivity index (χ0n) is 15.1. The topological polar surface area (TPSA) is 83.5 Å². The van der Waals surface area contributed by atoms with E-state index in [9.17, 15) is 22.4 Å². The Balaban J connectivity index is 1.89. The van der Waals surface area contributed by atoms with Gasteiger partial charge in [-0.15, -0.1) is 0 Å². The van der Waals surface area contributed by atoms with Crippen molar-refractivity contribution >= 4 is 21.7 Å². The summed E-state index contributed by atoms with van der Waals surface area (Å²) in [5.74, 6) is -0.866. The van der Waals surface area contributed by atoms with Crippen LogP contribution in [0.5, 0.6) is 0 Å². The molecule has 0 aliphatic heterocycles. The predicted molar refractivity (Wildman–Crippen MR) is 99.1 cm³/mol. The molecule has 0 aliphatic carbocycles. The maximum Gasteiger partial charge on any atom is 0.240 e. The van der Waals surface area contributed by atoms with Crippen LogP contribution in [0.25, 0.3) is 0 Å². The minimum absolute atomic E-state index is 0.0136. The lowest BCUT2D eigenvalue weighted by Crippen LogP contribution is -2.32. The van der Waals surface area contributed by atoms with Crippen molar-refractivity contribution in [1.82, 2.24) is 9.62 Å². The fourth-order valence-corrected chi connectivity index (χ4v) is 3.44. The average Bonchev–Trinajstić information content (AvgIpc) is 2.63. The standard InChI is InChI=1S/C19H21FN2O4S/c1-14(23)15-7-9-17(10-8-15)27(25,26)21-12-11-19(24)22(2)13-16-5-3-4-6-18(16)20/h3-10,21H,11-13H2,1-2H3. The van der Waals surface area contributed by atoms with E-state index in [1.54, 1.807) is 18.2 Å². The number of carbonyl (C=O) groups excluding carboxylic acids is 2. The number of halogens is 1. The number of amides is 1. The van der Waals surface area contributed by atoms with Gasteiger partial charge in [0, 0.05) is 37.7 Å². The number of hydrogen-bond acceptors (Lipinski definition) is 4. The maximum atomic E-state index is 13.6. The fourth-order valence-electron chi connectivity index (χ4n) is 2.41. The van der Waals surface area contributed by atoms with Crippen molar-refractivity contribution in [3.8, 4) is 0 Å². The second kappa shape index (κ2) is 8.88. The Bertz CT molecular complexity index is 927. The van der Waals surface area contributed by atoms with Crippen molar-refractivity contribution in [2.75, 3.05) is 13.6 Å². The van der Waals surface area contributed by atoms with E-state index >= 15 is 0 Å². The normalized spacial score (nSPS) is 11.2. The van der Waals surface area contributed by atoms with Gasteiger partial charge >= 0.3 is 0 Å². The zero-order valence-corrected chi connectivity index (χ0v) is 15.9. The number of nitrogens with one attached hydrogen (secondary N) is 1. The Morgan fingerprint density at radius 3 is 2.30 bits per heavy atom. The first kappa shape index (κ1) is 20.7. The molecule has 2 aromatic rings. The molecular formula is C19H21FN2O4S. The van der Waals surface area contributed by atoms with E-state index in [2.05, 4.69) is 4.72 Å². The van der Waals surface area contributed by atoms with Crippen LogP contribution in [-0.4, -0.2) is 38.6 Å². The Kier molecular flexibility index (Phi) is 6.81. The van der Waals surface area contributed by atoms with Gasteiger partial charge in [-0.05, 0) is 25.1 Å². The molecule has 8 heteroatoms. The molecule has 0 aromatic heterocycles. The highest BCUT2D eigenvalue weighted by molar-refractivity contribution is 7.89. The van der Waals surface area contributed by atoms with Gasteiger partial charge in [0.25, 0.3) is 0 Å². The van der Waals surface area contributed by atoms with Gasteiger partial charge in [0.1, 0.15) is 5.82 Å². The molecule has 0 atom stereocenters. The van der Waals surface area contributed by atoms with Crippen LogP contribution in [0.15, 0.2) is 53.4 Å². The van der Waals surface area contributed by atoms with Crippen molar-refractivity contribution in [2.45, 2.75) is 24.8 Å². The summed E-state index contributed by atoms with van der Waals surface area (Å²) in [6.45, 7) is 1.41. The van der Waals surface area contributed by atoms with Gasteiger partial charge in [0.05, 0.1) is 4.90 Å². The number of rotatable bonds is 8. The highest BCUT2D eigenvalue weighted by Gasteiger charge is 2.16. The smallest absolute Gasteiger partial charge is 0.240 e. The predicted octanol–water partition coefficient (Wildman–Crippen LogP) is 2.36. The minimum atomic E-state index is -3.78. The van der Waals surface area contributed by atoms with Crippen LogP contribution >= 0.6 is 0 Å². The second-order valence-electron chi connectivity index (χ2n) is 6.07. The summed E-state index contributed by atoms with van der Waals surface area (Å²) in [5.41, 5.74) is 0.804. The van der Waals surface area contributed by atoms with Crippen molar-refractivity contribution in [1.29, 1.82) is 0 Å². The molecular weight excluding hydrogens is 371 g/mol. The number of nitrogens with zero attached hydrogens (tertiary/aromatic N) is 1. The molecule has 2 rings (SSSR count). The first-order valence-corrected chi connectivity index (χ1v) is 9.77. The van der Waals surface area contributed by atoms with E-state index < -0.39 is 15.8 Å². The van der Waals surface area contributed by atoms with Crippen LogP contribution in [0.4, 0.5) is 4.39 Å². The van der Waals surface area contributed by atoms with E-state index in [0.29, 0.717) is 11.1 Å². The van der Waals surface area contributed by atoms with Gasteiger partial charge < -0.3 is 4.90 Å². The Morgan fingerprint density at radius 1 is 1.07 bits per heavy atom. The molecule has 2 aromatic carbocycles.